The zero-order valence-electron chi connectivity index (χ0n) is 20.3. The minimum Gasteiger partial charge on any atom is -0.444 e. The molecule has 8 nitrogen and oxygen atoms in total. The first-order valence-corrected chi connectivity index (χ1v) is 12.0. The number of anilines is 2. The lowest BCUT2D eigenvalue weighted by atomic mass is 9.85. The van der Waals surface area contributed by atoms with Gasteiger partial charge in [0.05, 0.1) is 40.2 Å². The highest BCUT2D eigenvalue weighted by atomic mass is 35.5. The molecule has 1 amide bonds. The number of carbonyl (C=O) groups excluding carboxylic acids is 1. The minimum atomic E-state index is -1.45. The Balaban J connectivity index is 1.58. The highest BCUT2D eigenvalue weighted by molar-refractivity contribution is 6.34. The van der Waals surface area contributed by atoms with Gasteiger partial charge in [-0.2, -0.15) is 0 Å². The number of rotatable bonds is 6. The van der Waals surface area contributed by atoms with E-state index in [-0.39, 0.29) is 35.8 Å². The van der Waals surface area contributed by atoms with Crippen molar-refractivity contribution in [3.63, 3.8) is 0 Å². The van der Waals surface area contributed by atoms with Crippen LogP contribution in [-0.2, 0) is 15.1 Å². The van der Waals surface area contributed by atoms with E-state index in [1.165, 1.54) is 13.1 Å². The molecule has 188 valence electrons. The van der Waals surface area contributed by atoms with Gasteiger partial charge in [0.15, 0.2) is 5.96 Å². The molecule has 1 fully saturated rings. The SMILES string of the molecule is CC(F)Oc1ccc(Nc2cccc([C@]3(C)CC(=O)N([C@@H]4CCOC(C)(C)C4)C(N)=N3)c2Cl)cn1. The predicted molar refractivity (Wildman–Crippen MR) is 134 cm³/mol. The minimum absolute atomic E-state index is 0.0529. The van der Waals surface area contributed by atoms with Crippen LogP contribution in [-0.4, -0.2) is 46.4 Å². The molecule has 0 bridgehead atoms. The Morgan fingerprint density at radius 1 is 1.31 bits per heavy atom. The lowest BCUT2D eigenvalue weighted by molar-refractivity contribution is -0.136. The molecule has 0 saturated carbocycles. The van der Waals surface area contributed by atoms with Crippen LogP contribution >= 0.6 is 11.6 Å². The van der Waals surface area contributed by atoms with E-state index in [0.29, 0.717) is 41.4 Å². The number of aromatic nitrogens is 1. The Morgan fingerprint density at radius 3 is 2.71 bits per heavy atom. The number of alkyl halides is 1. The van der Waals surface area contributed by atoms with Crippen molar-refractivity contribution in [3.8, 4) is 5.88 Å². The Kier molecular flexibility index (Phi) is 6.92. The third-order valence-corrected chi connectivity index (χ3v) is 6.69. The lowest BCUT2D eigenvalue weighted by Crippen LogP contribution is -2.57. The molecule has 0 radical (unpaired) electrons. The monoisotopic (exact) mass is 503 g/mol. The van der Waals surface area contributed by atoms with Crippen molar-refractivity contribution >= 4 is 34.8 Å². The van der Waals surface area contributed by atoms with Gasteiger partial charge in [0.1, 0.15) is 0 Å². The third-order valence-electron chi connectivity index (χ3n) is 6.29. The van der Waals surface area contributed by atoms with E-state index in [1.807, 2.05) is 39.0 Å². The molecule has 3 heterocycles. The zero-order chi connectivity index (χ0) is 25.4. The fraction of sp³-hybridized carbons (Fsp3) is 0.480. The fourth-order valence-corrected chi connectivity index (χ4v) is 5.09. The van der Waals surface area contributed by atoms with Crippen LogP contribution in [0.25, 0.3) is 0 Å². The maximum absolute atomic E-state index is 13.3. The summed E-state index contributed by atoms with van der Waals surface area (Å²) in [6.45, 7) is 7.75. The first kappa shape index (κ1) is 25.2. The number of carbonyl (C=O) groups is 1. The average Bonchev–Trinajstić information content (AvgIpc) is 2.75. The Bertz CT molecular complexity index is 1120. The van der Waals surface area contributed by atoms with Gasteiger partial charge in [0.2, 0.25) is 18.1 Å². The molecule has 3 atom stereocenters. The summed E-state index contributed by atoms with van der Waals surface area (Å²) in [6.07, 6.45) is 1.62. The third kappa shape index (κ3) is 5.51. The number of nitrogens with two attached hydrogens (primary N) is 1. The van der Waals surface area contributed by atoms with Crippen molar-refractivity contribution in [3.05, 3.63) is 47.1 Å². The highest BCUT2D eigenvalue weighted by Crippen LogP contribution is 2.42. The van der Waals surface area contributed by atoms with Gasteiger partial charge in [-0.3, -0.25) is 9.69 Å². The molecule has 10 heteroatoms. The van der Waals surface area contributed by atoms with Crippen LogP contribution in [0.15, 0.2) is 41.5 Å². The number of aliphatic imine (C=N–C) groups is 1. The number of guanidine groups is 1. The molecular formula is C25H31ClFN5O3. The fourth-order valence-electron chi connectivity index (χ4n) is 4.71. The van der Waals surface area contributed by atoms with Crippen molar-refractivity contribution in [2.75, 3.05) is 11.9 Å². The molecule has 2 aliphatic rings. The summed E-state index contributed by atoms with van der Waals surface area (Å²) < 4.78 is 23.8. The van der Waals surface area contributed by atoms with E-state index >= 15 is 0 Å². The number of amides is 1. The van der Waals surface area contributed by atoms with Crippen molar-refractivity contribution in [1.82, 2.24) is 9.88 Å². The number of hydrogen-bond acceptors (Lipinski definition) is 7. The quantitative estimate of drug-likeness (QED) is 0.581. The van der Waals surface area contributed by atoms with E-state index < -0.39 is 11.9 Å². The molecule has 3 N–H and O–H groups in total. The predicted octanol–water partition coefficient (Wildman–Crippen LogP) is 4.89. The molecule has 1 unspecified atom stereocenters. The van der Waals surface area contributed by atoms with E-state index in [9.17, 15) is 9.18 Å². The Hall–Kier alpha value is -2.91. The Morgan fingerprint density at radius 2 is 2.09 bits per heavy atom. The normalized spacial score (nSPS) is 25.1. The maximum atomic E-state index is 13.3. The summed E-state index contributed by atoms with van der Waals surface area (Å²) in [7, 11) is 0. The summed E-state index contributed by atoms with van der Waals surface area (Å²) >= 11 is 6.79. The first-order valence-electron chi connectivity index (χ1n) is 11.6. The van der Waals surface area contributed by atoms with Crippen LogP contribution in [0, 0.1) is 0 Å². The van der Waals surface area contributed by atoms with Gasteiger partial charge in [-0.05, 0) is 45.7 Å². The second-order valence-electron chi connectivity index (χ2n) is 9.78. The van der Waals surface area contributed by atoms with Crippen LogP contribution in [0.1, 0.15) is 52.5 Å². The van der Waals surface area contributed by atoms with E-state index in [0.717, 1.165) is 0 Å². The number of nitrogens with zero attached hydrogens (tertiary/aromatic N) is 3. The Labute approximate surface area is 209 Å². The standard InChI is InChI=1S/C25H31ClFN5O3/c1-15(27)35-20-9-8-16(14-29-20)30-19-7-5-6-18(22(19)26)25(4)13-21(33)32(23(28)31-25)17-10-11-34-24(2,3)12-17/h5-9,14-15,17,30H,10-13H2,1-4H3,(H2,28,31)/t15?,17-,25+/m1/s1. The van der Waals surface area contributed by atoms with Crippen molar-refractivity contribution in [1.29, 1.82) is 0 Å². The number of pyridine rings is 1. The number of benzene rings is 1. The van der Waals surface area contributed by atoms with Crippen molar-refractivity contribution in [2.45, 2.75) is 70.5 Å². The summed E-state index contributed by atoms with van der Waals surface area (Å²) in [4.78, 5) is 23.8. The van der Waals surface area contributed by atoms with Gasteiger partial charge >= 0.3 is 0 Å². The number of halogens is 2. The zero-order valence-corrected chi connectivity index (χ0v) is 21.1. The smallest absolute Gasteiger partial charge is 0.237 e. The first-order chi connectivity index (χ1) is 16.5. The second kappa shape index (κ2) is 9.62. The van der Waals surface area contributed by atoms with E-state index in [2.05, 4.69) is 10.3 Å². The van der Waals surface area contributed by atoms with Gasteiger partial charge in [-0.1, -0.05) is 23.7 Å². The van der Waals surface area contributed by atoms with Crippen LogP contribution in [0.4, 0.5) is 15.8 Å². The number of ether oxygens (including phenoxy) is 2. The molecule has 2 aromatic rings. The summed E-state index contributed by atoms with van der Waals surface area (Å²) in [5, 5.41) is 3.64. The van der Waals surface area contributed by atoms with Gasteiger partial charge in [0, 0.05) is 31.2 Å². The summed E-state index contributed by atoms with van der Waals surface area (Å²) in [6, 6.07) is 8.73. The van der Waals surface area contributed by atoms with Crippen molar-refractivity contribution in [2.24, 2.45) is 10.7 Å². The summed E-state index contributed by atoms with van der Waals surface area (Å²) in [5.41, 5.74) is 7.08. The second-order valence-corrected chi connectivity index (χ2v) is 10.2. The molecule has 1 aromatic carbocycles. The van der Waals surface area contributed by atoms with E-state index in [4.69, 9.17) is 31.8 Å². The molecule has 35 heavy (non-hydrogen) atoms. The number of hydrogen-bond donors (Lipinski definition) is 2. The highest BCUT2D eigenvalue weighted by Gasteiger charge is 2.43. The van der Waals surface area contributed by atoms with Gasteiger partial charge < -0.3 is 20.5 Å². The van der Waals surface area contributed by atoms with Gasteiger partial charge in [-0.25, -0.2) is 14.4 Å². The summed E-state index contributed by atoms with van der Waals surface area (Å²) in [5.74, 6) is 0.294. The average molecular weight is 504 g/mol. The van der Waals surface area contributed by atoms with Gasteiger partial charge in [0.25, 0.3) is 0 Å². The topological polar surface area (TPSA) is 102 Å². The lowest BCUT2D eigenvalue weighted by Gasteiger charge is -2.44. The molecule has 2 aliphatic heterocycles. The van der Waals surface area contributed by atoms with Crippen LogP contribution in [0.5, 0.6) is 5.88 Å². The number of nitrogens with one attached hydrogen (secondary N) is 1. The maximum Gasteiger partial charge on any atom is 0.237 e. The van der Waals surface area contributed by atoms with Crippen LogP contribution in [0.2, 0.25) is 5.02 Å². The molecule has 1 aromatic heterocycles. The molecule has 0 aliphatic carbocycles. The molecular weight excluding hydrogens is 473 g/mol. The van der Waals surface area contributed by atoms with Gasteiger partial charge in [-0.15, -0.1) is 0 Å². The molecule has 0 spiro atoms. The van der Waals surface area contributed by atoms with E-state index in [1.54, 1.807) is 17.0 Å². The van der Waals surface area contributed by atoms with Crippen molar-refractivity contribution < 1.29 is 18.7 Å². The molecule has 4 rings (SSSR count). The largest absolute Gasteiger partial charge is 0.444 e. The van der Waals surface area contributed by atoms with Crippen LogP contribution in [0.3, 0.4) is 0 Å². The van der Waals surface area contributed by atoms with Crippen LogP contribution < -0.4 is 15.8 Å². The molecule has 1 saturated heterocycles.